The molecule has 1 rings (SSSR count). The Morgan fingerprint density at radius 2 is 1.71 bits per heavy atom. The first-order chi connectivity index (χ1) is 9.97. The fourth-order valence-electron chi connectivity index (χ4n) is 2.25. The first kappa shape index (κ1) is 18.0. The summed E-state index contributed by atoms with van der Waals surface area (Å²) in [6, 6.07) is 8.96. The van der Waals surface area contributed by atoms with Crippen LogP contribution in [-0.4, -0.2) is 19.2 Å². The van der Waals surface area contributed by atoms with E-state index in [1.807, 2.05) is 0 Å². The Hall–Kier alpha value is -1.02. The van der Waals surface area contributed by atoms with Gasteiger partial charge in [-0.2, -0.15) is 0 Å². The van der Waals surface area contributed by atoms with Gasteiger partial charge < -0.3 is 10.1 Å². The third-order valence-electron chi connectivity index (χ3n) is 3.85. The highest BCUT2D eigenvalue weighted by Crippen LogP contribution is 2.21. The lowest BCUT2D eigenvalue weighted by Crippen LogP contribution is -2.45. The molecule has 1 atom stereocenters. The van der Waals surface area contributed by atoms with Crippen LogP contribution in [-0.2, 0) is 6.42 Å². The number of unbranched alkanes of at least 4 members (excludes halogenated alkanes) is 1. The van der Waals surface area contributed by atoms with Crippen molar-refractivity contribution in [2.75, 3.05) is 13.2 Å². The van der Waals surface area contributed by atoms with E-state index >= 15 is 0 Å². The molecule has 1 N–H and O–H groups in total. The van der Waals surface area contributed by atoms with Crippen LogP contribution in [0.5, 0.6) is 5.75 Å². The number of benzene rings is 1. The topological polar surface area (TPSA) is 21.3 Å². The van der Waals surface area contributed by atoms with E-state index in [1.165, 1.54) is 24.8 Å². The van der Waals surface area contributed by atoms with Crippen LogP contribution in [0.2, 0.25) is 0 Å². The van der Waals surface area contributed by atoms with Crippen molar-refractivity contribution in [1.82, 2.24) is 5.32 Å². The van der Waals surface area contributed by atoms with Gasteiger partial charge in [0.1, 0.15) is 12.4 Å². The summed E-state index contributed by atoms with van der Waals surface area (Å²) in [7, 11) is 0. The van der Waals surface area contributed by atoms with Gasteiger partial charge in [0.05, 0.1) is 0 Å². The predicted molar refractivity (Wildman–Crippen MR) is 92.1 cm³/mol. The monoisotopic (exact) mass is 291 g/mol. The van der Waals surface area contributed by atoms with E-state index in [2.05, 4.69) is 64.2 Å². The van der Waals surface area contributed by atoms with Gasteiger partial charge in [0.15, 0.2) is 0 Å². The van der Waals surface area contributed by atoms with Crippen LogP contribution in [0.3, 0.4) is 0 Å². The molecule has 0 radical (unpaired) electrons. The van der Waals surface area contributed by atoms with Crippen molar-refractivity contribution in [3.05, 3.63) is 29.8 Å². The van der Waals surface area contributed by atoms with Crippen LogP contribution >= 0.6 is 0 Å². The summed E-state index contributed by atoms with van der Waals surface area (Å²) in [6.07, 6.45) is 4.82. The van der Waals surface area contributed by atoms with Gasteiger partial charge >= 0.3 is 0 Å². The number of ether oxygens (including phenoxy) is 1. The molecular formula is C19H33NO. The third-order valence-corrected chi connectivity index (χ3v) is 3.85. The van der Waals surface area contributed by atoms with E-state index in [0.29, 0.717) is 6.04 Å². The molecule has 0 aliphatic heterocycles. The number of nitrogens with one attached hydrogen (secondary N) is 1. The molecule has 0 aliphatic carbocycles. The quantitative estimate of drug-likeness (QED) is 0.704. The molecule has 1 unspecified atom stereocenters. The van der Waals surface area contributed by atoms with E-state index in [4.69, 9.17) is 4.74 Å². The highest BCUT2D eigenvalue weighted by molar-refractivity contribution is 5.27. The second-order valence-corrected chi connectivity index (χ2v) is 6.93. The molecule has 1 aromatic carbocycles. The Bertz CT molecular complexity index is 378. The number of hydrogen-bond donors (Lipinski definition) is 1. The molecule has 120 valence electrons. The molecule has 0 heterocycles. The number of rotatable bonds is 9. The maximum absolute atomic E-state index is 5.99. The van der Waals surface area contributed by atoms with Gasteiger partial charge in [-0.05, 0) is 48.9 Å². The van der Waals surface area contributed by atoms with Gasteiger partial charge in [-0.15, -0.1) is 0 Å². The zero-order valence-electron chi connectivity index (χ0n) is 14.5. The van der Waals surface area contributed by atoms with Crippen LogP contribution in [0.1, 0.15) is 59.4 Å². The molecular weight excluding hydrogens is 258 g/mol. The zero-order chi connectivity index (χ0) is 15.7. The van der Waals surface area contributed by atoms with Gasteiger partial charge in [0, 0.05) is 6.04 Å². The minimum atomic E-state index is 0.205. The lowest BCUT2D eigenvalue weighted by Gasteiger charge is -2.31. The van der Waals surface area contributed by atoms with Crippen LogP contribution in [0.15, 0.2) is 24.3 Å². The van der Waals surface area contributed by atoms with Crippen molar-refractivity contribution < 1.29 is 4.74 Å². The summed E-state index contributed by atoms with van der Waals surface area (Å²) in [5, 5.41) is 3.59. The van der Waals surface area contributed by atoms with Gasteiger partial charge in [-0.25, -0.2) is 0 Å². The van der Waals surface area contributed by atoms with Crippen molar-refractivity contribution in [3.8, 4) is 5.75 Å². The van der Waals surface area contributed by atoms with Crippen molar-refractivity contribution in [3.63, 3.8) is 0 Å². The van der Waals surface area contributed by atoms with E-state index in [9.17, 15) is 0 Å². The largest absolute Gasteiger partial charge is 0.492 e. The smallest absolute Gasteiger partial charge is 0.119 e. The van der Waals surface area contributed by atoms with Gasteiger partial charge in [-0.1, -0.05) is 53.2 Å². The van der Waals surface area contributed by atoms with Crippen LogP contribution in [0.4, 0.5) is 0 Å². The van der Waals surface area contributed by atoms with E-state index in [-0.39, 0.29) is 5.41 Å². The Morgan fingerprint density at radius 3 is 2.24 bits per heavy atom. The molecule has 21 heavy (non-hydrogen) atoms. The van der Waals surface area contributed by atoms with Crippen molar-refractivity contribution in [2.45, 2.75) is 66.3 Å². The van der Waals surface area contributed by atoms with Crippen molar-refractivity contribution in [1.29, 1.82) is 0 Å². The number of aryl methyl sites for hydroxylation is 1. The minimum absolute atomic E-state index is 0.205. The average molecular weight is 291 g/mol. The van der Waals surface area contributed by atoms with Crippen LogP contribution in [0, 0.1) is 5.41 Å². The fraction of sp³-hybridized carbons (Fsp3) is 0.684. The lowest BCUT2D eigenvalue weighted by atomic mass is 9.87. The van der Waals surface area contributed by atoms with Gasteiger partial charge in [0.2, 0.25) is 0 Å². The Kier molecular flexibility index (Phi) is 7.81. The molecule has 0 spiro atoms. The Labute approximate surface area is 131 Å². The summed E-state index contributed by atoms with van der Waals surface area (Å²) in [6.45, 7) is 13.0. The summed E-state index contributed by atoms with van der Waals surface area (Å²) >= 11 is 0. The zero-order valence-corrected chi connectivity index (χ0v) is 14.5. The second kappa shape index (κ2) is 9.09. The van der Waals surface area contributed by atoms with Gasteiger partial charge in [0.25, 0.3) is 0 Å². The summed E-state index contributed by atoms with van der Waals surface area (Å²) in [5.74, 6) is 0.975. The molecule has 1 aromatic rings. The predicted octanol–water partition coefficient (Wildman–Crippen LogP) is 4.82. The molecule has 2 nitrogen and oxygen atoms in total. The highest BCUT2D eigenvalue weighted by Gasteiger charge is 2.24. The standard InChI is InChI=1S/C19H33NO/c1-6-8-9-16-10-12-17(13-11-16)21-15-18(19(3,4)5)20-14-7-2/h10-13,18,20H,6-9,14-15H2,1-5H3. The molecule has 0 saturated heterocycles. The second-order valence-electron chi connectivity index (χ2n) is 6.93. The van der Waals surface area contributed by atoms with Crippen LogP contribution in [0.25, 0.3) is 0 Å². The first-order valence-electron chi connectivity index (χ1n) is 8.42. The van der Waals surface area contributed by atoms with Gasteiger partial charge in [-0.3, -0.25) is 0 Å². The Morgan fingerprint density at radius 1 is 1.05 bits per heavy atom. The average Bonchev–Trinajstić information content (AvgIpc) is 2.45. The summed E-state index contributed by atoms with van der Waals surface area (Å²) in [4.78, 5) is 0. The van der Waals surface area contributed by atoms with E-state index < -0.39 is 0 Å². The normalized spacial score (nSPS) is 13.2. The van der Waals surface area contributed by atoms with Crippen molar-refractivity contribution >= 4 is 0 Å². The van der Waals surface area contributed by atoms with Crippen LogP contribution < -0.4 is 10.1 Å². The fourth-order valence-corrected chi connectivity index (χ4v) is 2.25. The lowest BCUT2D eigenvalue weighted by molar-refractivity contribution is 0.174. The molecule has 0 amide bonds. The molecule has 2 heteroatoms. The summed E-state index contributed by atoms with van der Waals surface area (Å²) in [5.41, 5.74) is 1.61. The molecule has 0 saturated carbocycles. The number of hydrogen-bond acceptors (Lipinski definition) is 2. The maximum Gasteiger partial charge on any atom is 0.119 e. The molecule has 0 aromatic heterocycles. The van der Waals surface area contributed by atoms with E-state index in [0.717, 1.165) is 25.3 Å². The molecule has 0 bridgehead atoms. The summed E-state index contributed by atoms with van der Waals surface area (Å²) < 4.78 is 5.99. The minimum Gasteiger partial charge on any atom is -0.492 e. The molecule has 0 aliphatic rings. The third kappa shape index (κ3) is 6.99. The van der Waals surface area contributed by atoms with Crippen molar-refractivity contribution in [2.24, 2.45) is 5.41 Å². The van der Waals surface area contributed by atoms with E-state index in [1.54, 1.807) is 0 Å². The maximum atomic E-state index is 5.99. The SMILES string of the molecule is CCCCc1ccc(OCC(NCCC)C(C)(C)C)cc1. The first-order valence-corrected chi connectivity index (χ1v) is 8.42. The Balaban J connectivity index is 2.51. The molecule has 0 fully saturated rings. The highest BCUT2D eigenvalue weighted by atomic mass is 16.5.